The minimum atomic E-state index is -0.780. The molecule has 1 unspecified atom stereocenters. The van der Waals surface area contributed by atoms with Crippen LogP contribution in [0.2, 0.25) is 0 Å². The van der Waals surface area contributed by atoms with Crippen LogP contribution in [0.25, 0.3) is 0 Å². The zero-order chi connectivity index (χ0) is 59.2. The predicted molar refractivity (Wildman–Crippen MR) is 358 cm³/mol. The van der Waals surface area contributed by atoms with Crippen LogP contribution in [0.1, 0.15) is 361 Å². The van der Waals surface area contributed by atoms with E-state index >= 15 is 0 Å². The van der Waals surface area contributed by atoms with E-state index in [2.05, 4.69) is 106 Å². The Hall–Kier alpha value is -3.41. The highest BCUT2D eigenvalue weighted by Crippen LogP contribution is 2.18. The molecule has 474 valence electrons. The summed E-state index contributed by atoms with van der Waals surface area (Å²) in [7, 11) is 0. The fourth-order valence-corrected chi connectivity index (χ4v) is 10.3. The van der Waals surface area contributed by atoms with Crippen molar-refractivity contribution >= 4 is 17.9 Å². The van der Waals surface area contributed by atoms with Gasteiger partial charge in [0.1, 0.15) is 13.2 Å². The van der Waals surface area contributed by atoms with Crippen LogP contribution < -0.4 is 0 Å². The zero-order valence-electron chi connectivity index (χ0n) is 54.5. The topological polar surface area (TPSA) is 78.9 Å². The summed E-state index contributed by atoms with van der Waals surface area (Å²) in [5, 5.41) is 0. The van der Waals surface area contributed by atoms with Gasteiger partial charge in [-0.05, 0) is 109 Å². The van der Waals surface area contributed by atoms with E-state index in [1.165, 1.54) is 218 Å². The van der Waals surface area contributed by atoms with Gasteiger partial charge in [0.2, 0.25) is 0 Å². The number of hydrogen-bond acceptors (Lipinski definition) is 6. The van der Waals surface area contributed by atoms with E-state index in [-0.39, 0.29) is 31.1 Å². The maximum Gasteiger partial charge on any atom is 0.306 e. The lowest BCUT2D eigenvalue weighted by molar-refractivity contribution is -0.167. The molecule has 0 aromatic heterocycles. The fourth-order valence-electron chi connectivity index (χ4n) is 10.3. The summed E-state index contributed by atoms with van der Waals surface area (Å²) in [6, 6.07) is 0. The minimum absolute atomic E-state index is 0.0762. The maximum atomic E-state index is 12.9. The van der Waals surface area contributed by atoms with Crippen LogP contribution in [0, 0.1) is 0 Å². The van der Waals surface area contributed by atoms with Gasteiger partial charge in [0.05, 0.1) is 0 Å². The third-order valence-corrected chi connectivity index (χ3v) is 15.6. The Bertz CT molecular complexity index is 1550. The summed E-state index contributed by atoms with van der Waals surface area (Å²) in [5.41, 5.74) is 0. The maximum absolute atomic E-state index is 12.9. The van der Waals surface area contributed by atoms with Gasteiger partial charge in [-0.1, -0.05) is 318 Å². The molecule has 0 rings (SSSR count). The van der Waals surface area contributed by atoms with E-state index in [0.29, 0.717) is 19.3 Å². The van der Waals surface area contributed by atoms with Gasteiger partial charge >= 0.3 is 17.9 Å². The first-order valence-electron chi connectivity index (χ1n) is 35.6. The van der Waals surface area contributed by atoms with Crippen molar-refractivity contribution in [3.8, 4) is 0 Å². The average Bonchev–Trinajstić information content (AvgIpc) is 3.48. The molecular formula is C76H134O6. The Morgan fingerprint density at radius 3 is 0.805 bits per heavy atom. The van der Waals surface area contributed by atoms with Crippen LogP contribution in [0.4, 0.5) is 0 Å². The Balaban J connectivity index is 4.16. The van der Waals surface area contributed by atoms with Crippen LogP contribution in [-0.2, 0) is 28.6 Å². The van der Waals surface area contributed by atoms with Gasteiger partial charge in [-0.25, -0.2) is 0 Å². The molecule has 0 aliphatic carbocycles. The van der Waals surface area contributed by atoms with E-state index < -0.39 is 6.10 Å². The largest absolute Gasteiger partial charge is 0.462 e. The van der Waals surface area contributed by atoms with Gasteiger partial charge in [0.15, 0.2) is 6.10 Å². The van der Waals surface area contributed by atoms with Crippen molar-refractivity contribution in [2.45, 2.75) is 367 Å². The molecule has 0 aromatic rings. The lowest BCUT2D eigenvalue weighted by Crippen LogP contribution is -2.30. The van der Waals surface area contributed by atoms with Crippen molar-refractivity contribution in [3.05, 3.63) is 85.1 Å². The number of hydrogen-bond donors (Lipinski definition) is 0. The van der Waals surface area contributed by atoms with Crippen molar-refractivity contribution in [1.29, 1.82) is 0 Å². The van der Waals surface area contributed by atoms with Crippen molar-refractivity contribution in [1.82, 2.24) is 0 Å². The monoisotopic (exact) mass is 1140 g/mol. The van der Waals surface area contributed by atoms with Gasteiger partial charge in [0.25, 0.3) is 0 Å². The highest BCUT2D eigenvalue weighted by Gasteiger charge is 2.19. The Kier molecular flexibility index (Phi) is 67.2. The van der Waals surface area contributed by atoms with Crippen molar-refractivity contribution in [3.63, 3.8) is 0 Å². The van der Waals surface area contributed by atoms with Gasteiger partial charge in [-0.3, -0.25) is 14.4 Å². The Morgan fingerprint density at radius 2 is 0.500 bits per heavy atom. The summed E-state index contributed by atoms with van der Waals surface area (Å²) in [5.74, 6) is -0.870. The Labute approximate surface area is 509 Å². The summed E-state index contributed by atoms with van der Waals surface area (Å²) in [6.07, 6.45) is 93.4. The molecule has 6 heteroatoms. The van der Waals surface area contributed by atoms with Gasteiger partial charge < -0.3 is 14.2 Å². The van der Waals surface area contributed by atoms with E-state index in [4.69, 9.17) is 14.2 Å². The van der Waals surface area contributed by atoms with Crippen molar-refractivity contribution in [2.24, 2.45) is 0 Å². The molecule has 82 heavy (non-hydrogen) atoms. The highest BCUT2D eigenvalue weighted by molar-refractivity contribution is 5.71. The molecule has 0 aliphatic rings. The van der Waals surface area contributed by atoms with Crippen molar-refractivity contribution < 1.29 is 28.6 Å². The molecule has 0 bridgehead atoms. The number of rotatable bonds is 65. The first-order valence-corrected chi connectivity index (χ1v) is 35.6. The molecule has 0 aromatic carbocycles. The van der Waals surface area contributed by atoms with E-state index in [9.17, 15) is 14.4 Å². The molecule has 1 atom stereocenters. The molecule has 6 nitrogen and oxygen atoms in total. The molecule has 0 aliphatic heterocycles. The van der Waals surface area contributed by atoms with Crippen molar-refractivity contribution in [2.75, 3.05) is 13.2 Å². The van der Waals surface area contributed by atoms with Crippen LogP contribution in [0.15, 0.2) is 85.1 Å². The molecular weight excluding hydrogens is 1010 g/mol. The van der Waals surface area contributed by atoms with E-state index in [1.807, 2.05) is 0 Å². The van der Waals surface area contributed by atoms with Crippen LogP contribution in [0.5, 0.6) is 0 Å². The molecule has 0 fully saturated rings. The number of allylic oxidation sites excluding steroid dienone is 14. The SMILES string of the molecule is CC/C=C\C/C=C\C/C=C\C/C=C\CCCCCCCCCCCCCCCCC(=O)OCC(COC(=O)CCCCCCC/C=C\CCC)OC(=O)CCCCCCCCCCCCCCCCC/C=C\C/C=C\CCCCCCC. The lowest BCUT2D eigenvalue weighted by atomic mass is 10.0. The van der Waals surface area contributed by atoms with Gasteiger partial charge in [-0.15, -0.1) is 0 Å². The van der Waals surface area contributed by atoms with E-state index in [1.54, 1.807) is 0 Å². The van der Waals surface area contributed by atoms with Crippen LogP contribution >= 0.6 is 0 Å². The third-order valence-electron chi connectivity index (χ3n) is 15.6. The number of carbonyl (C=O) groups is 3. The number of unbranched alkanes of at least 4 members (excludes halogenated alkanes) is 40. The quantitative estimate of drug-likeness (QED) is 0.0261. The van der Waals surface area contributed by atoms with E-state index in [0.717, 1.165) is 103 Å². The number of esters is 3. The summed E-state index contributed by atoms with van der Waals surface area (Å²) >= 11 is 0. The number of carbonyl (C=O) groups excluding carboxylic acids is 3. The third kappa shape index (κ3) is 67.4. The standard InChI is InChI=1S/C76H134O6/c1-4-7-10-13-16-19-22-24-26-28-30-32-34-36-38-40-42-44-46-48-50-52-54-57-60-63-66-69-75(78)81-72-73(71-80-74(77)68-65-62-59-56-21-18-15-12-9-6-3)82-76(79)70-67-64-61-58-55-53-51-49-47-45-43-41-39-37-35-33-31-29-27-25-23-20-17-14-11-8-5-2/h7,10,12,15-16,19,23-26,29-32,73H,4-6,8-9,11,13-14,17-18,20-22,27-28,33-72H2,1-3H3/b10-7-,15-12-,19-16-,25-23-,26-24-,31-29-,32-30-. The van der Waals surface area contributed by atoms with Crippen LogP contribution in [-0.4, -0.2) is 37.2 Å². The zero-order valence-corrected chi connectivity index (χ0v) is 54.5. The second kappa shape index (κ2) is 70.1. The first-order chi connectivity index (χ1) is 40.5. The summed E-state index contributed by atoms with van der Waals surface area (Å²) in [6.45, 7) is 6.49. The number of ether oxygens (including phenoxy) is 3. The fraction of sp³-hybridized carbons (Fsp3) is 0.776. The molecule has 0 amide bonds. The highest BCUT2D eigenvalue weighted by atomic mass is 16.6. The molecule has 0 heterocycles. The molecule has 0 saturated carbocycles. The average molecular weight is 1140 g/mol. The van der Waals surface area contributed by atoms with Gasteiger partial charge in [-0.2, -0.15) is 0 Å². The molecule has 0 N–H and O–H groups in total. The predicted octanol–water partition coefficient (Wildman–Crippen LogP) is 24.6. The minimum Gasteiger partial charge on any atom is -0.462 e. The second-order valence-electron chi connectivity index (χ2n) is 23.8. The first kappa shape index (κ1) is 78.6. The summed E-state index contributed by atoms with van der Waals surface area (Å²) in [4.78, 5) is 38.4. The van der Waals surface area contributed by atoms with Gasteiger partial charge in [0, 0.05) is 19.3 Å². The molecule has 0 saturated heterocycles. The normalized spacial score (nSPS) is 12.6. The van der Waals surface area contributed by atoms with Crippen LogP contribution in [0.3, 0.4) is 0 Å². The summed E-state index contributed by atoms with van der Waals surface area (Å²) < 4.78 is 16.9. The molecule has 0 spiro atoms. The smallest absolute Gasteiger partial charge is 0.306 e. The molecule has 0 radical (unpaired) electrons. The lowest BCUT2D eigenvalue weighted by Gasteiger charge is -2.18. The Morgan fingerprint density at radius 1 is 0.256 bits per heavy atom. The second-order valence-corrected chi connectivity index (χ2v) is 23.8.